The lowest BCUT2D eigenvalue weighted by Crippen LogP contribution is -2.15. The minimum atomic E-state index is -0.983. The van der Waals surface area contributed by atoms with Gasteiger partial charge in [-0.25, -0.2) is 4.79 Å². The van der Waals surface area contributed by atoms with Crippen molar-refractivity contribution in [1.29, 1.82) is 0 Å². The van der Waals surface area contributed by atoms with Crippen molar-refractivity contribution in [2.45, 2.75) is 12.7 Å². The van der Waals surface area contributed by atoms with Crippen LogP contribution in [0.3, 0.4) is 0 Å². The first kappa shape index (κ1) is 17.4. The molecule has 0 aromatic heterocycles. The highest BCUT2D eigenvalue weighted by Gasteiger charge is 2.08. The zero-order chi connectivity index (χ0) is 16.8. The zero-order valence-corrected chi connectivity index (χ0v) is 14.1. The van der Waals surface area contributed by atoms with Gasteiger partial charge in [-0.1, -0.05) is 23.7 Å². The van der Waals surface area contributed by atoms with E-state index in [1.807, 2.05) is 24.3 Å². The molecule has 0 atom stereocenters. The van der Waals surface area contributed by atoms with Gasteiger partial charge in [0.15, 0.2) is 0 Å². The standard InChI is InChI=1S/C17H16ClNO3S/c1-11-7-13(17(21)22)5-6-15(11)19-16(20)10-23-9-12-3-2-4-14(18)8-12/h2-8H,9-10H2,1H3,(H,19,20)(H,21,22). The molecule has 0 spiro atoms. The summed E-state index contributed by atoms with van der Waals surface area (Å²) in [5.74, 6) is -0.0939. The van der Waals surface area contributed by atoms with Crippen LogP contribution in [0.5, 0.6) is 0 Å². The smallest absolute Gasteiger partial charge is 0.335 e. The quantitative estimate of drug-likeness (QED) is 0.819. The summed E-state index contributed by atoms with van der Waals surface area (Å²) in [6.07, 6.45) is 0. The number of benzene rings is 2. The van der Waals surface area contributed by atoms with Crippen LogP contribution in [0.2, 0.25) is 5.02 Å². The molecule has 0 saturated carbocycles. The molecular formula is C17H16ClNO3S. The van der Waals surface area contributed by atoms with Crippen molar-refractivity contribution in [3.63, 3.8) is 0 Å². The third kappa shape index (κ3) is 5.30. The molecule has 2 rings (SSSR count). The third-order valence-electron chi connectivity index (χ3n) is 3.14. The molecule has 0 radical (unpaired) electrons. The second-order valence-corrected chi connectivity index (χ2v) is 6.43. The summed E-state index contributed by atoms with van der Waals surface area (Å²) in [6, 6.07) is 12.2. The molecular weight excluding hydrogens is 334 g/mol. The molecule has 2 aromatic carbocycles. The van der Waals surface area contributed by atoms with E-state index in [1.165, 1.54) is 23.9 Å². The topological polar surface area (TPSA) is 66.4 Å². The maximum Gasteiger partial charge on any atom is 0.335 e. The number of halogens is 1. The molecule has 4 nitrogen and oxygen atoms in total. The van der Waals surface area contributed by atoms with E-state index >= 15 is 0 Å². The number of carboxylic acid groups (broad SMARTS) is 1. The van der Waals surface area contributed by atoms with Gasteiger partial charge in [0.05, 0.1) is 11.3 Å². The number of aryl methyl sites for hydroxylation is 1. The maximum absolute atomic E-state index is 12.0. The van der Waals surface area contributed by atoms with E-state index in [1.54, 1.807) is 13.0 Å². The van der Waals surface area contributed by atoms with Crippen molar-refractivity contribution < 1.29 is 14.7 Å². The van der Waals surface area contributed by atoms with Crippen molar-refractivity contribution in [2.24, 2.45) is 0 Å². The van der Waals surface area contributed by atoms with Gasteiger partial charge < -0.3 is 10.4 Å². The number of nitrogens with one attached hydrogen (secondary N) is 1. The molecule has 2 N–H and O–H groups in total. The Hall–Kier alpha value is -1.98. The van der Waals surface area contributed by atoms with Crippen molar-refractivity contribution in [3.8, 4) is 0 Å². The molecule has 0 aliphatic carbocycles. The Morgan fingerprint density at radius 3 is 2.65 bits per heavy atom. The van der Waals surface area contributed by atoms with Crippen LogP contribution in [0.15, 0.2) is 42.5 Å². The number of hydrogen-bond donors (Lipinski definition) is 2. The van der Waals surface area contributed by atoms with Crippen molar-refractivity contribution >= 4 is 40.9 Å². The molecule has 0 saturated heterocycles. The van der Waals surface area contributed by atoms with Crippen LogP contribution in [0, 0.1) is 6.92 Å². The Bertz CT molecular complexity index is 734. The second-order valence-electron chi connectivity index (χ2n) is 5.01. The molecule has 0 heterocycles. The van der Waals surface area contributed by atoms with Crippen LogP contribution in [-0.2, 0) is 10.5 Å². The number of hydrogen-bond acceptors (Lipinski definition) is 3. The summed E-state index contributed by atoms with van der Waals surface area (Å²) in [5, 5.41) is 12.4. The van der Waals surface area contributed by atoms with Gasteiger partial charge in [-0.15, -0.1) is 11.8 Å². The van der Waals surface area contributed by atoms with Gasteiger partial charge in [0.2, 0.25) is 5.91 Å². The number of carbonyl (C=O) groups is 2. The molecule has 1 amide bonds. The second kappa shape index (κ2) is 8.04. The minimum Gasteiger partial charge on any atom is -0.478 e. The molecule has 0 aliphatic rings. The summed E-state index contributed by atoms with van der Waals surface area (Å²) < 4.78 is 0. The maximum atomic E-state index is 12.0. The first-order valence-corrected chi connectivity index (χ1v) is 8.45. The number of carboxylic acids is 1. The van der Waals surface area contributed by atoms with Gasteiger partial charge in [0.25, 0.3) is 0 Å². The van der Waals surface area contributed by atoms with E-state index < -0.39 is 5.97 Å². The van der Waals surface area contributed by atoms with Crippen LogP contribution >= 0.6 is 23.4 Å². The lowest BCUT2D eigenvalue weighted by Gasteiger charge is -2.09. The van der Waals surface area contributed by atoms with Gasteiger partial charge in [0.1, 0.15) is 0 Å². The zero-order valence-electron chi connectivity index (χ0n) is 12.5. The SMILES string of the molecule is Cc1cc(C(=O)O)ccc1NC(=O)CSCc1cccc(Cl)c1. The summed E-state index contributed by atoms with van der Waals surface area (Å²) in [7, 11) is 0. The van der Waals surface area contributed by atoms with E-state index in [0.717, 1.165) is 11.1 Å². The fraction of sp³-hybridized carbons (Fsp3) is 0.176. The highest BCUT2D eigenvalue weighted by molar-refractivity contribution is 7.99. The lowest BCUT2D eigenvalue weighted by atomic mass is 10.1. The summed E-state index contributed by atoms with van der Waals surface area (Å²) in [5.41, 5.74) is 2.62. The Balaban J connectivity index is 1.86. The summed E-state index contributed by atoms with van der Waals surface area (Å²) in [6.45, 7) is 1.77. The number of rotatable bonds is 6. The first-order valence-electron chi connectivity index (χ1n) is 6.91. The third-order valence-corrected chi connectivity index (χ3v) is 4.38. The molecule has 2 aromatic rings. The average molecular weight is 350 g/mol. The molecule has 0 unspecified atom stereocenters. The Morgan fingerprint density at radius 2 is 2.00 bits per heavy atom. The normalized spacial score (nSPS) is 10.3. The molecule has 6 heteroatoms. The van der Waals surface area contributed by atoms with E-state index in [9.17, 15) is 9.59 Å². The van der Waals surface area contributed by atoms with Gasteiger partial charge in [-0.3, -0.25) is 4.79 Å². The van der Waals surface area contributed by atoms with Gasteiger partial charge in [-0.2, -0.15) is 0 Å². The van der Waals surface area contributed by atoms with Crippen molar-refractivity contribution in [1.82, 2.24) is 0 Å². The molecule has 0 fully saturated rings. The molecule has 0 aliphatic heterocycles. The highest BCUT2D eigenvalue weighted by Crippen LogP contribution is 2.19. The predicted octanol–water partition coefficient (Wildman–Crippen LogP) is 4.22. The number of thioether (sulfide) groups is 1. The predicted molar refractivity (Wildman–Crippen MR) is 94.4 cm³/mol. The Morgan fingerprint density at radius 1 is 1.22 bits per heavy atom. The highest BCUT2D eigenvalue weighted by atomic mass is 35.5. The van der Waals surface area contributed by atoms with Crippen LogP contribution in [0.4, 0.5) is 5.69 Å². The van der Waals surface area contributed by atoms with Crippen molar-refractivity contribution in [3.05, 3.63) is 64.2 Å². The fourth-order valence-corrected chi connectivity index (χ4v) is 3.00. The van der Waals surface area contributed by atoms with Crippen LogP contribution in [-0.4, -0.2) is 22.7 Å². The van der Waals surface area contributed by atoms with E-state index in [-0.39, 0.29) is 11.5 Å². The molecule has 0 bridgehead atoms. The number of aromatic carboxylic acids is 1. The minimum absolute atomic E-state index is 0.122. The molecule has 120 valence electrons. The summed E-state index contributed by atoms with van der Waals surface area (Å²) in [4.78, 5) is 22.9. The van der Waals surface area contributed by atoms with E-state index in [2.05, 4.69) is 5.32 Å². The number of amides is 1. The Labute approximate surface area is 143 Å². The molecule has 23 heavy (non-hydrogen) atoms. The van der Waals surface area contributed by atoms with Crippen LogP contribution < -0.4 is 5.32 Å². The van der Waals surface area contributed by atoms with Gasteiger partial charge >= 0.3 is 5.97 Å². The van der Waals surface area contributed by atoms with Crippen LogP contribution in [0.25, 0.3) is 0 Å². The van der Waals surface area contributed by atoms with E-state index in [0.29, 0.717) is 22.2 Å². The summed E-state index contributed by atoms with van der Waals surface area (Å²) >= 11 is 7.41. The average Bonchev–Trinajstić information content (AvgIpc) is 2.49. The van der Waals surface area contributed by atoms with Crippen molar-refractivity contribution in [2.75, 3.05) is 11.1 Å². The number of carbonyl (C=O) groups excluding carboxylic acids is 1. The van der Waals surface area contributed by atoms with Gasteiger partial charge in [0, 0.05) is 16.5 Å². The van der Waals surface area contributed by atoms with Gasteiger partial charge in [-0.05, 0) is 48.4 Å². The lowest BCUT2D eigenvalue weighted by molar-refractivity contribution is -0.113. The first-order chi connectivity index (χ1) is 11.0. The van der Waals surface area contributed by atoms with E-state index in [4.69, 9.17) is 16.7 Å². The van der Waals surface area contributed by atoms with Crippen LogP contribution in [0.1, 0.15) is 21.5 Å². The largest absolute Gasteiger partial charge is 0.478 e. The Kier molecular flexibility index (Phi) is 6.07. The monoisotopic (exact) mass is 349 g/mol. The fourth-order valence-electron chi connectivity index (χ4n) is 2.01. The number of anilines is 1.